The van der Waals surface area contributed by atoms with Gasteiger partial charge in [-0.2, -0.15) is 0 Å². The number of rotatable bonds is 5. The minimum Gasteiger partial charge on any atom is -0.393 e. The Morgan fingerprint density at radius 2 is 2.22 bits per heavy atom. The average molecular weight is 264 g/mol. The molecule has 3 nitrogen and oxygen atoms in total. The summed E-state index contributed by atoms with van der Waals surface area (Å²) in [6, 6.07) is 8.07. The summed E-state index contributed by atoms with van der Waals surface area (Å²) in [5.41, 5.74) is 7.78. The first-order valence-corrected chi connectivity index (χ1v) is 6.71. The molecule has 0 saturated heterocycles. The van der Waals surface area contributed by atoms with Gasteiger partial charge in [0.25, 0.3) is 0 Å². The van der Waals surface area contributed by atoms with E-state index in [4.69, 9.17) is 18.0 Å². The molecular formula is C14H20N2OS. The maximum atomic E-state index is 9.27. The van der Waals surface area contributed by atoms with Crippen LogP contribution in [-0.4, -0.2) is 34.7 Å². The minimum absolute atomic E-state index is 0.0682. The number of hydrogen-bond acceptors (Lipinski definition) is 3. The lowest BCUT2D eigenvalue weighted by Crippen LogP contribution is -2.36. The first-order valence-electron chi connectivity index (χ1n) is 6.30. The van der Waals surface area contributed by atoms with E-state index in [-0.39, 0.29) is 6.10 Å². The molecule has 0 heterocycles. The van der Waals surface area contributed by atoms with Crippen molar-refractivity contribution in [1.82, 2.24) is 4.90 Å². The van der Waals surface area contributed by atoms with Gasteiger partial charge in [-0.1, -0.05) is 30.4 Å². The highest BCUT2D eigenvalue weighted by molar-refractivity contribution is 7.80. The van der Waals surface area contributed by atoms with Crippen molar-refractivity contribution < 1.29 is 5.11 Å². The second kappa shape index (κ2) is 5.78. The van der Waals surface area contributed by atoms with E-state index in [1.165, 1.54) is 5.56 Å². The Hall–Kier alpha value is -0.970. The van der Waals surface area contributed by atoms with Crippen LogP contribution in [0.2, 0.25) is 0 Å². The third-order valence-corrected chi connectivity index (χ3v) is 3.68. The Bertz CT molecular complexity index is 430. The summed E-state index contributed by atoms with van der Waals surface area (Å²) in [5, 5.41) is 9.27. The Kier molecular flexibility index (Phi) is 4.32. The van der Waals surface area contributed by atoms with Crippen molar-refractivity contribution in [3.8, 4) is 0 Å². The molecule has 3 N–H and O–H groups in total. The molecule has 0 bridgehead atoms. The van der Waals surface area contributed by atoms with Crippen LogP contribution in [0.1, 0.15) is 24.0 Å². The van der Waals surface area contributed by atoms with Gasteiger partial charge < -0.3 is 15.7 Å². The molecule has 4 heteroatoms. The predicted molar refractivity (Wildman–Crippen MR) is 77.4 cm³/mol. The molecule has 0 unspecified atom stereocenters. The number of aliphatic hydroxyl groups is 1. The van der Waals surface area contributed by atoms with Gasteiger partial charge in [-0.3, -0.25) is 0 Å². The van der Waals surface area contributed by atoms with Crippen LogP contribution in [0.4, 0.5) is 0 Å². The molecule has 1 aromatic carbocycles. The summed E-state index contributed by atoms with van der Waals surface area (Å²) < 4.78 is 0. The van der Waals surface area contributed by atoms with Crippen LogP contribution in [0.5, 0.6) is 0 Å². The minimum atomic E-state index is -0.0682. The van der Waals surface area contributed by atoms with Gasteiger partial charge >= 0.3 is 0 Å². The number of thiocarbonyl (C=S) groups is 1. The van der Waals surface area contributed by atoms with Gasteiger partial charge in [0.2, 0.25) is 0 Å². The van der Waals surface area contributed by atoms with E-state index in [0.29, 0.717) is 10.9 Å². The fourth-order valence-corrected chi connectivity index (χ4v) is 2.62. The predicted octanol–water partition coefficient (Wildman–Crippen LogP) is 1.52. The van der Waals surface area contributed by atoms with E-state index in [9.17, 15) is 5.11 Å². The van der Waals surface area contributed by atoms with Gasteiger partial charge in [-0.15, -0.1) is 0 Å². The Balaban J connectivity index is 1.88. The van der Waals surface area contributed by atoms with Crippen molar-refractivity contribution in [2.24, 2.45) is 11.7 Å². The Morgan fingerprint density at radius 1 is 1.50 bits per heavy atom. The summed E-state index contributed by atoms with van der Waals surface area (Å²) >= 11 is 4.98. The normalized spacial score (nSPS) is 22.8. The maximum Gasteiger partial charge on any atom is 0.103 e. The van der Waals surface area contributed by atoms with E-state index in [2.05, 4.69) is 24.1 Å². The van der Waals surface area contributed by atoms with Crippen LogP contribution in [0.15, 0.2) is 24.3 Å². The van der Waals surface area contributed by atoms with Crippen molar-refractivity contribution in [2.45, 2.75) is 25.5 Å². The molecule has 0 aliphatic heterocycles. The number of hydrogen-bond donors (Lipinski definition) is 2. The summed E-state index contributed by atoms with van der Waals surface area (Å²) in [4.78, 5) is 2.73. The van der Waals surface area contributed by atoms with Crippen LogP contribution in [-0.2, 0) is 6.54 Å². The van der Waals surface area contributed by atoms with Crippen LogP contribution in [0, 0.1) is 5.92 Å². The van der Waals surface area contributed by atoms with E-state index in [1.54, 1.807) is 0 Å². The molecule has 0 atom stereocenters. The number of nitrogens with two attached hydrogens (primary N) is 1. The van der Waals surface area contributed by atoms with Crippen LogP contribution < -0.4 is 5.73 Å². The van der Waals surface area contributed by atoms with Crippen molar-refractivity contribution in [3.63, 3.8) is 0 Å². The van der Waals surface area contributed by atoms with Crippen molar-refractivity contribution in [1.29, 1.82) is 0 Å². The molecule has 98 valence electrons. The molecule has 1 aliphatic carbocycles. The molecule has 0 aromatic heterocycles. The van der Waals surface area contributed by atoms with E-state index in [0.717, 1.165) is 31.5 Å². The van der Waals surface area contributed by atoms with E-state index >= 15 is 0 Å². The molecule has 1 aromatic rings. The highest BCUT2D eigenvalue weighted by Crippen LogP contribution is 2.27. The monoisotopic (exact) mass is 264 g/mol. The molecule has 1 aliphatic rings. The summed E-state index contributed by atoms with van der Waals surface area (Å²) in [5.74, 6) is 0.642. The third kappa shape index (κ3) is 3.51. The van der Waals surface area contributed by atoms with Crippen molar-refractivity contribution in [2.75, 3.05) is 13.6 Å². The van der Waals surface area contributed by atoms with Crippen molar-refractivity contribution in [3.05, 3.63) is 35.4 Å². The summed E-state index contributed by atoms with van der Waals surface area (Å²) in [6.45, 7) is 1.93. The summed E-state index contributed by atoms with van der Waals surface area (Å²) in [6.07, 6.45) is 1.82. The fraction of sp³-hybridized carbons (Fsp3) is 0.500. The lowest BCUT2D eigenvalue weighted by atomic mass is 9.82. The highest BCUT2D eigenvalue weighted by atomic mass is 32.1. The second-order valence-corrected chi connectivity index (χ2v) is 5.69. The Labute approximate surface area is 114 Å². The zero-order valence-corrected chi connectivity index (χ0v) is 11.5. The number of benzene rings is 1. The molecule has 2 rings (SSSR count). The van der Waals surface area contributed by atoms with Crippen molar-refractivity contribution >= 4 is 17.2 Å². The lowest BCUT2D eigenvalue weighted by Gasteiger charge is -2.34. The van der Waals surface area contributed by atoms with Gasteiger partial charge in [-0.25, -0.2) is 0 Å². The molecule has 0 radical (unpaired) electrons. The average Bonchev–Trinajstić information content (AvgIpc) is 2.27. The van der Waals surface area contributed by atoms with Crippen LogP contribution >= 0.6 is 12.2 Å². The largest absolute Gasteiger partial charge is 0.393 e. The first-order chi connectivity index (χ1) is 8.54. The molecule has 18 heavy (non-hydrogen) atoms. The maximum absolute atomic E-state index is 9.27. The standard InChI is InChI=1S/C14H20N2OS/c1-16(9-11-6-13(17)7-11)8-10-3-2-4-12(5-10)14(15)18/h2-5,11,13,17H,6-9H2,1H3,(H2,15,18). The smallest absolute Gasteiger partial charge is 0.103 e. The number of aliphatic hydroxyl groups excluding tert-OH is 1. The highest BCUT2D eigenvalue weighted by Gasteiger charge is 2.27. The van der Waals surface area contributed by atoms with E-state index in [1.807, 2.05) is 12.1 Å². The van der Waals surface area contributed by atoms with Gasteiger partial charge in [0.1, 0.15) is 4.99 Å². The second-order valence-electron chi connectivity index (χ2n) is 5.25. The quantitative estimate of drug-likeness (QED) is 0.792. The molecular weight excluding hydrogens is 244 g/mol. The van der Waals surface area contributed by atoms with Gasteiger partial charge in [0.05, 0.1) is 6.10 Å². The zero-order valence-electron chi connectivity index (χ0n) is 10.7. The van der Waals surface area contributed by atoms with Gasteiger partial charge in [-0.05, 0) is 37.4 Å². The van der Waals surface area contributed by atoms with Gasteiger partial charge in [0.15, 0.2) is 0 Å². The fourth-order valence-electron chi connectivity index (χ4n) is 2.49. The van der Waals surface area contributed by atoms with Gasteiger partial charge in [0, 0.05) is 18.7 Å². The van der Waals surface area contributed by atoms with Crippen LogP contribution in [0.3, 0.4) is 0 Å². The zero-order chi connectivity index (χ0) is 13.1. The molecule has 0 amide bonds. The van der Waals surface area contributed by atoms with E-state index < -0.39 is 0 Å². The molecule has 1 fully saturated rings. The first kappa shape index (κ1) is 13.5. The summed E-state index contributed by atoms with van der Waals surface area (Å²) in [7, 11) is 2.11. The third-order valence-electron chi connectivity index (χ3n) is 3.44. The number of nitrogens with zero attached hydrogens (tertiary/aromatic N) is 1. The molecule has 0 spiro atoms. The SMILES string of the molecule is CN(Cc1cccc(C(N)=S)c1)CC1CC(O)C1. The molecule has 1 saturated carbocycles. The topological polar surface area (TPSA) is 49.5 Å². The lowest BCUT2D eigenvalue weighted by molar-refractivity contribution is 0.0274. The van der Waals surface area contributed by atoms with Crippen LogP contribution in [0.25, 0.3) is 0 Å². The Morgan fingerprint density at radius 3 is 2.83 bits per heavy atom.